The van der Waals surface area contributed by atoms with Crippen molar-refractivity contribution in [3.8, 4) is 22.3 Å². The van der Waals surface area contributed by atoms with Crippen molar-refractivity contribution in [2.75, 3.05) is 0 Å². The van der Waals surface area contributed by atoms with Crippen LogP contribution in [0.15, 0.2) is 156 Å². The normalized spacial score (nSPS) is 23.7. The van der Waals surface area contributed by atoms with Gasteiger partial charge in [-0.2, -0.15) is 0 Å². The van der Waals surface area contributed by atoms with Crippen molar-refractivity contribution in [2.45, 2.75) is 202 Å². The molecular weight excluding hydrogens is 1140 g/mol. The van der Waals surface area contributed by atoms with Crippen LogP contribution in [0.2, 0.25) is 0 Å². The van der Waals surface area contributed by atoms with E-state index in [1.807, 2.05) is 0 Å². The van der Waals surface area contributed by atoms with Crippen LogP contribution >= 0.6 is 17.0 Å². The van der Waals surface area contributed by atoms with Gasteiger partial charge in [-0.05, 0) is 183 Å². The average Bonchev–Trinajstić information content (AvgIpc) is 1.80. The summed E-state index contributed by atoms with van der Waals surface area (Å²) in [6.45, 7) is 53.2. The van der Waals surface area contributed by atoms with E-state index in [0.717, 1.165) is 18.3 Å². The summed E-state index contributed by atoms with van der Waals surface area (Å²) >= 11 is -0.826. The van der Waals surface area contributed by atoms with Crippen molar-refractivity contribution >= 4 is 22.6 Å². The average molecular weight is 1250 g/mol. The second kappa shape index (κ2) is 26.1. The van der Waals surface area contributed by atoms with E-state index in [1.165, 1.54) is 86.1 Å². The van der Waals surface area contributed by atoms with Gasteiger partial charge in [0.05, 0.1) is 0 Å². The fraction of sp³-hybridized carbons (Fsp3) is 0.531. The van der Waals surface area contributed by atoms with Crippen molar-refractivity contribution < 1.29 is 20.8 Å². The third kappa shape index (κ3) is 14.6. The first-order valence-corrected chi connectivity index (χ1v) is 37.4. The van der Waals surface area contributed by atoms with E-state index in [4.69, 9.17) is 17.0 Å². The molecule has 0 saturated heterocycles. The SMILES string of the molecule is C.CC(C)(C)C1=CC(C(C)(C)C2c3cc(C(C)(C)C)ccc3-c3c(-c4ccccc4)cc(C(C)(C)C)cc32)=CC1.CC(C)(C)C1=CC2C(C=C1)C1C(c3ccccc3)=CC(C(C)(C)C)=CC1C2C(C)(C)C1CCC(C(C)(C)C)C1.[CH3-].[CH3-].[Cl][Zr+2][Cl]. The standard InChI is InChI=1S/C39H56.C39H48.CH4.2CH3.2ClH.Zr/c2*1-36(2,3)26-17-18-28(21-26)39(10,11)35-32-22-27(37(4,5)6)19-20-30(32)34-31(25-15-13-12-14-16-25)23-29(24-33(34)35)38(7,8)9;;;;;;/h12-16,19-20,22-24,26,28,30,32-35H,17-18,21H2,1-11H3;12-16,18-24,35H,17H2,1-11H3;1H4;2*1H3;2*1H;/q;;;2*-1;;;+4/p-2. The quantitative estimate of drug-likeness (QED) is 0.169. The van der Waals surface area contributed by atoms with E-state index in [2.05, 4.69) is 286 Å². The predicted molar refractivity (Wildman–Crippen MR) is 372 cm³/mol. The van der Waals surface area contributed by atoms with E-state index in [9.17, 15) is 0 Å². The fourth-order valence-corrected chi connectivity index (χ4v) is 15.5. The Morgan fingerprint density at radius 3 is 1.51 bits per heavy atom. The maximum absolute atomic E-state index is 4.93. The Hall–Kier alpha value is -3.22. The summed E-state index contributed by atoms with van der Waals surface area (Å²) in [5.74, 6) is 4.83. The molecule has 0 N–H and O–H groups in total. The molecule has 4 aromatic rings. The molecule has 2 saturated carbocycles. The molecular formula is C81H114Cl2Zr. The van der Waals surface area contributed by atoms with Crippen LogP contribution in [0.4, 0.5) is 0 Å². The Balaban J connectivity index is 0.000000284. The minimum atomic E-state index is -0.826. The van der Waals surface area contributed by atoms with Crippen LogP contribution < -0.4 is 0 Å². The molecule has 8 atom stereocenters. The molecule has 0 aliphatic heterocycles. The molecule has 2 fully saturated rings. The summed E-state index contributed by atoms with van der Waals surface area (Å²) in [5, 5.41) is 0. The first-order valence-electron chi connectivity index (χ1n) is 31.1. The van der Waals surface area contributed by atoms with Crippen molar-refractivity contribution in [3.63, 3.8) is 0 Å². The molecule has 456 valence electrons. The summed E-state index contributed by atoms with van der Waals surface area (Å²) in [6, 6.07) is 34.7. The molecule has 4 aromatic carbocycles. The first-order chi connectivity index (χ1) is 37.4. The van der Waals surface area contributed by atoms with Crippen LogP contribution in [0.3, 0.4) is 0 Å². The molecule has 0 aromatic heterocycles. The monoisotopic (exact) mass is 1250 g/mol. The van der Waals surface area contributed by atoms with Crippen LogP contribution in [-0.4, -0.2) is 0 Å². The third-order valence-electron chi connectivity index (χ3n) is 20.7. The summed E-state index contributed by atoms with van der Waals surface area (Å²) in [5.41, 5.74) is 21.7. The van der Waals surface area contributed by atoms with E-state index < -0.39 is 20.8 Å². The molecule has 0 radical (unpaired) electrons. The zero-order valence-electron chi connectivity index (χ0n) is 56.4. The molecule has 8 unspecified atom stereocenters. The van der Waals surface area contributed by atoms with E-state index in [-0.39, 0.29) is 66.1 Å². The number of fused-ring (bicyclic) bond motifs is 6. The predicted octanol–water partition coefficient (Wildman–Crippen LogP) is 25.5. The number of rotatable bonds is 6. The zero-order chi connectivity index (χ0) is 59.8. The van der Waals surface area contributed by atoms with Crippen LogP contribution in [0.5, 0.6) is 0 Å². The van der Waals surface area contributed by atoms with Crippen molar-refractivity contribution in [1.82, 2.24) is 0 Å². The zero-order valence-corrected chi connectivity index (χ0v) is 60.4. The van der Waals surface area contributed by atoms with Gasteiger partial charge in [0.2, 0.25) is 0 Å². The summed E-state index contributed by atoms with van der Waals surface area (Å²) in [6.07, 6.45) is 23.5. The van der Waals surface area contributed by atoms with Crippen LogP contribution in [-0.2, 0) is 31.7 Å². The van der Waals surface area contributed by atoms with Crippen molar-refractivity contribution in [2.24, 2.45) is 73.9 Å². The number of halogens is 2. The molecule has 0 amide bonds. The Labute approximate surface area is 536 Å². The number of hydrogen-bond donors (Lipinski definition) is 0. The molecule has 84 heavy (non-hydrogen) atoms. The van der Waals surface area contributed by atoms with Crippen LogP contribution in [0.25, 0.3) is 27.8 Å². The summed E-state index contributed by atoms with van der Waals surface area (Å²) in [4.78, 5) is 0. The Morgan fingerprint density at radius 1 is 0.488 bits per heavy atom. The molecule has 10 rings (SSSR count). The summed E-state index contributed by atoms with van der Waals surface area (Å²) in [7, 11) is 9.87. The van der Waals surface area contributed by atoms with E-state index in [1.54, 1.807) is 11.1 Å². The molecule has 3 heteroatoms. The topological polar surface area (TPSA) is 0 Å². The number of allylic oxidation sites excluding steroid dienone is 12. The first kappa shape index (κ1) is 71.5. The maximum atomic E-state index is 4.93. The number of benzene rings is 4. The van der Waals surface area contributed by atoms with Crippen LogP contribution in [0.1, 0.15) is 219 Å². The van der Waals surface area contributed by atoms with Gasteiger partial charge < -0.3 is 14.9 Å². The van der Waals surface area contributed by atoms with Gasteiger partial charge in [-0.15, -0.1) is 0 Å². The fourth-order valence-electron chi connectivity index (χ4n) is 15.5. The van der Waals surface area contributed by atoms with Crippen molar-refractivity contribution in [1.29, 1.82) is 0 Å². The minimum absolute atomic E-state index is 0. The van der Waals surface area contributed by atoms with Gasteiger partial charge in [0.15, 0.2) is 0 Å². The van der Waals surface area contributed by atoms with Gasteiger partial charge >= 0.3 is 37.9 Å². The Kier molecular flexibility index (Phi) is 22.2. The van der Waals surface area contributed by atoms with Crippen molar-refractivity contribution in [3.05, 3.63) is 198 Å². The second-order valence-corrected chi connectivity index (χ2v) is 36.6. The van der Waals surface area contributed by atoms with E-state index in [0.29, 0.717) is 35.0 Å². The van der Waals surface area contributed by atoms with Gasteiger partial charge in [0, 0.05) is 11.3 Å². The molecule has 0 spiro atoms. The number of hydrogen-bond acceptors (Lipinski definition) is 0. The molecule has 0 nitrogen and oxygen atoms in total. The Morgan fingerprint density at radius 2 is 1.01 bits per heavy atom. The molecule has 0 bridgehead atoms. The Bertz CT molecular complexity index is 3100. The van der Waals surface area contributed by atoms with Crippen LogP contribution in [0, 0.1) is 88.8 Å². The van der Waals surface area contributed by atoms with Gasteiger partial charge in [0.1, 0.15) is 0 Å². The van der Waals surface area contributed by atoms with Gasteiger partial charge in [0.25, 0.3) is 0 Å². The van der Waals surface area contributed by atoms with E-state index >= 15 is 0 Å². The van der Waals surface area contributed by atoms with Gasteiger partial charge in [-0.1, -0.05) is 293 Å². The third-order valence-corrected chi connectivity index (χ3v) is 20.7. The second-order valence-electron chi connectivity index (χ2n) is 32.9. The molecule has 6 aliphatic carbocycles. The molecule has 0 heterocycles. The molecule has 6 aliphatic rings. The van der Waals surface area contributed by atoms with Gasteiger partial charge in [-0.3, -0.25) is 0 Å². The summed E-state index contributed by atoms with van der Waals surface area (Å²) < 4.78 is 0. The van der Waals surface area contributed by atoms with Gasteiger partial charge in [-0.25, -0.2) is 0 Å².